The third-order valence-corrected chi connectivity index (χ3v) is 6.28. The van der Waals surface area contributed by atoms with Gasteiger partial charge in [-0.2, -0.15) is 0 Å². The summed E-state index contributed by atoms with van der Waals surface area (Å²) in [5, 5.41) is 21.5. The minimum absolute atomic E-state index is 0.0276. The van der Waals surface area contributed by atoms with Crippen molar-refractivity contribution >= 4 is 5.91 Å². The first-order valence-corrected chi connectivity index (χ1v) is 11.7. The maximum Gasteiger partial charge on any atom is 0.217 e. The van der Waals surface area contributed by atoms with Gasteiger partial charge in [-0.05, 0) is 36.0 Å². The van der Waals surface area contributed by atoms with Crippen LogP contribution in [0.15, 0.2) is 49.1 Å². The Balaban J connectivity index is 4.99. The molecule has 0 aliphatic heterocycles. The van der Waals surface area contributed by atoms with Crippen molar-refractivity contribution in [1.82, 2.24) is 0 Å². The Morgan fingerprint density at radius 2 is 1.45 bits per heavy atom. The van der Waals surface area contributed by atoms with Crippen molar-refractivity contribution < 1.29 is 15.0 Å². The molecule has 4 heteroatoms. The zero-order valence-corrected chi connectivity index (χ0v) is 20.7. The molecular formula is C27H47NO3. The summed E-state index contributed by atoms with van der Waals surface area (Å²) in [6, 6.07) is 0. The highest BCUT2D eigenvalue weighted by molar-refractivity contribution is 5.74. The van der Waals surface area contributed by atoms with Crippen LogP contribution in [0.5, 0.6) is 0 Å². The summed E-state index contributed by atoms with van der Waals surface area (Å²) in [4.78, 5) is 11.6. The van der Waals surface area contributed by atoms with Gasteiger partial charge in [0.1, 0.15) is 0 Å². The predicted molar refractivity (Wildman–Crippen MR) is 132 cm³/mol. The quantitative estimate of drug-likeness (QED) is 0.243. The number of aliphatic hydroxyl groups excluding tert-OH is 2. The van der Waals surface area contributed by atoms with Gasteiger partial charge in [-0.25, -0.2) is 0 Å². The molecule has 8 unspecified atom stereocenters. The molecule has 4 N–H and O–H groups in total. The van der Waals surface area contributed by atoms with Gasteiger partial charge in [0.05, 0.1) is 12.2 Å². The number of primary amides is 1. The maximum absolute atomic E-state index is 11.6. The lowest BCUT2D eigenvalue weighted by Crippen LogP contribution is -2.35. The van der Waals surface area contributed by atoms with Crippen LogP contribution in [0.1, 0.15) is 61.3 Å². The highest BCUT2D eigenvalue weighted by Crippen LogP contribution is 2.32. The van der Waals surface area contributed by atoms with Crippen LogP contribution < -0.4 is 5.73 Å². The zero-order chi connectivity index (χ0) is 24.1. The number of rotatable bonds is 15. The molecule has 0 bridgehead atoms. The van der Waals surface area contributed by atoms with Crippen molar-refractivity contribution in [3.63, 3.8) is 0 Å². The summed E-state index contributed by atoms with van der Waals surface area (Å²) in [6.45, 7) is 18.0. The van der Waals surface area contributed by atoms with E-state index < -0.39 is 12.2 Å². The van der Waals surface area contributed by atoms with Crippen LogP contribution in [0, 0.1) is 41.4 Å². The minimum Gasteiger partial charge on any atom is -0.393 e. The zero-order valence-electron chi connectivity index (χ0n) is 20.7. The van der Waals surface area contributed by atoms with Crippen molar-refractivity contribution in [2.75, 3.05) is 0 Å². The number of nitrogens with two attached hydrogens (primary N) is 1. The summed E-state index contributed by atoms with van der Waals surface area (Å²) >= 11 is 0. The van der Waals surface area contributed by atoms with E-state index in [4.69, 9.17) is 5.73 Å². The lowest BCUT2D eigenvalue weighted by Gasteiger charge is -2.33. The van der Waals surface area contributed by atoms with Gasteiger partial charge in [-0.15, -0.1) is 0 Å². The molecule has 0 fully saturated rings. The highest BCUT2D eigenvalue weighted by atomic mass is 16.3. The number of allylic oxidation sites excluding steroid dienone is 5. The average Bonchev–Trinajstić information content (AvgIpc) is 2.71. The van der Waals surface area contributed by atoms with E-state index in [2.05, 4.69) is 38.7 Å². The smallest absolute Gasteiger partial charge is 0.217 e. The normalized spacial score (nSPS) is 20.6. The number of hydrogen-bond donors (Lipinski definition) is 3. The maximum atomic E-state index is 11.6. The van der Waals surface area contributed by atoms with Crippen LogP contribution in [-0.4, -0.2) is 28.3 Å². The molecule has 0 aliphatic rings. The van der Waals surface area contributed by atoms with Gasteiger partial charge in [0, 0.05) is 18.3 Å². The second-order valence-corrected chi connectivity index (χ2v) is 9.64. The third-order valence-electron chi connectivity index (χ3n) is 6.28. The molecular weight excluding hydrogens is 386 g/mol. The molecule has 0 aromatic carbocycles. The fraction of sp³-hybridized carbons (Fsp3) is 0.667. The first-order chi connectivity index (χ1) is 14.4. The number of hydrogen-bond acceptors (Lipinski definition) is 3. The van der Waals surface area contributed by atoms with E-state index in [1.165, 1.54) is 0 Å². The first-order valence-electron chi connectivity index (χ1n) is 11.7. The van der Waals surface area contributed by atoms with Crippen molar-refractivity contribution in [1.29, 1.82) is 0 Å². The number of carbonyl (C=O) groups excluding carboxylic acids is 1. The molecule has 0 radical (unpaired) electrons. The molecule has 0 saturated heterocycles. The Kier molecular flexibility index (Phi) is 14.4. The summed E-state index contributed by atoms with van der Waals surface area (Å²) in [5.74, 6) is 0.254. The molecule has 4 nitrogen and oxygen atoms in total. The molecule has 0 aliphatic carbocycles. The summed E-state index contributed by atoms with van der Waals surface area (Å²) in [5.41, 5.74) is 5.47. The van der Waals surface area contributed by atoms with E-state index in [-0.39, 0.29) is 47.8 Å². The third kappa shape index (κ3) is 11.5. The van der Waals surface area contributed by atoms with Crippen LogP contribution in [-0.2, 0) is 4.79 Å². The van der Waals surface area contributed by atoms with Gasteiger partial charge in [0.25, 0.3) is 0 Å². The van der Waals surface area contributed by atoms with E-state index >= 15 is 0 Å². The molecule has 0 saturated carbocycles. The largest absolute Gasteiger partial charge is 0.393 e. The van der Waals surface area contributed by atoms with Crippen LogP contribution in [0.4, 0.5) is 0 Å². The SMILES string of the molecule is C=C/C=C\C(C)C(CC(N)=O)C(C)C(O)C(C)C/C=C\C(C)C(O)C(C)/C=C\C(C)C. The van der Waals surface area contributed by atoms with Gasteiger partial charge < -0.3 is 15.9 Å². The molecule has 8 atom stereocenters. The van der Waals surface area contributed by atoms with Crippen LogP contribution in [0.25, 0.3) is 0 Å². The number of amides is 1. The lowest BCUT2D eigenvalue weighted by atomic mass is 9.75. The lowest BCUT2D eigenvalue weighted by molar-refractivity contribution is -0.120. The molecule has 0 rings (SSSR count). The summed E-state index contributed by atoms with van der Waals surface area (Å²) in [6.07, 6.45) is 13.8. The molecule has 0 aromatic rings. The van der Waals surface area contributed by atoms with Gasteiger partial charge in [-0.3, -0.25) is 4.79 Å². The molecule has 1 amide bonds. The van der Waals surface area contributed by atoms with Crippen LogP contribution >= 0.6 is 0 Å². The van der Waals surface area contributed by atoms with Crippen molar-refractivity contribution in [2.24, 2.45) is 47.2 Å². The number of aliphatic hydroxyl groups is 2. The van der Waals surface area contributed by atoms with Gasteiger partial charge in [-0.1, -0.05) is 97.6 Å². The van der Waals surface area contributed by atoms with Gasteiger partial charge in [0.2, 0.25) is 5.91 Å². The second kappa shape index (κ2) is 15.2. The predicted octanol–water partition coefficient (Wildman–Crippen LogP) is 5.28. The van der Waals surface area contributed by atoms with Crippen LogP contribution in [0.3, 0.4) is 0 Å². The Labute approximate surface area is 191 Å². The molecule has 0 heterocycles. The monoisotopic (exact) mass is 433 g/mol. The number of carbonyl (C=O) groups is 1. The topological polar surface area (TPSA) is 83.6 Å². The molecule has 178 valence electrons. The van der Waals surface area contributed by atoms with E-state index in [1.54, 1.807) is 6.08 Å². The molecule has 0 aromatic heterocycles. The fourth-order valence-corrected chi connectivity index (χ4v) is 4.00. The van der Waals surface area contributed by atoms with E-state index in [9.17, 15) is 15.0 Å². The Bertz CT molecular complexity index is 608. The highest BCUT2D eigenvalue weighted by Gasteiger charge is 2.31. The van der Waals surface area contributed by atoms with Crippen molar-refractivity contribution in [2.45, 2.75) is 73.5 Å². The van der Waals surface area contributed by atoms with Gasteiger partial charge in [0.15, 0.2) is 0 Å². The Morgan fingerprint density at radius 1 is 0.871 bits per heavy atom. The van der Waals surface area contributed by atoms with Gasteiger partial charge >= 0.3 is 0 Å². The van der Waals surface area contributed by atoms with E-state index in [0.717, 1.165) is 0 Å². The Hall–Kier alpha value is -1.65. The van der Waals surface area contributed by atoms with E-state index in [0.29, 0.717) is 12.3 Å². The van der Waals surface area contributed by atoms with Crippen molar-refractivity contribution in [3.05, 3.63) is 49.1 Å². The molecule has 0 spiro atoms. The fourth-order valence-electron chi connectivity index (χ4n) is 4.00. The van der Waals surface area contributed by atoms with Crippen molar-refractivity contribution in [3.8, 4) is 0 Å². The minimum atomic E-state index is -0.554. The standard InChI is InChI=1S/C27H47NO3/c1-9-10-12-19(4)24(17-25(28)29)23(8)27(31)21(6)14-11-13-20(5)26(30)22(7)16-15-18(2)3/h9-13,15-16,18-24,26-27,30-31H,1,14,17H2,2-8H3,(H2,28,29)/b12-10-,13-11-,16-15-. The Morgan fingerprint density at radius 3 is 1.97 bits per heavy atom. The first kappa shape index (κ1) is 29.4. The summed E-state index contributed by atoms with van der Waals surface area (Å²) < 4.78 is 0. The van der Waals surface area contributed by atoms with E-state index in [1.807, 2.05) is 52.8 Å². The molecule has 31 heavy (non-hydrogen) atoms. The van der Waals surface area contributed by atoms with Crippen LogP contribution in [0.2, 0.25) is 0 Å². The second-order valence-electron chi connectivity index (χ2n) is 9.64. The summed E-state index contributed by atoms with van der Waals surface area (Å²) in [7, 11) is 0. The average molecular weight is 434 g/mol.